The Labute approximate surface area is 240 Å². The van der Waals surface area contributed by atoms with Crippen molar-refractivity contribution in [1.29, 1.82) is 0 Å². The predicted octanol–water partition coefficient (Wildman–Crippen LogP) is 5.70. The van der Waals surface area contributed by atoms with Gasteiger partial charge in [0.05, 0.1) is 34.0 Å². The minimum Gasteiger partial charge on any atom is -0.476 e. The Morgan fingerprint density at radius 3 is 2.48 bits per heavy atom. The SMILES string of the molecule is Cc1cc([C@@H](C)Nc2ccc(Cl)nc2C(=O)O)c2nc(-c3ccc(-c4cc(C(F)(F)F)ncn4)nc3)n(C)c(=O)c2c1. The number of hydrogen-bond acceptors (Lipinski definition) is 8. The maximum atomic E-state index is 13.5. The number of carboxylic acid groups (broad SMARTS) is 1. The average molecular weight is 596 g/mol. The zero-order chi connectivity index (χ0) is 30.3. The van der Waals surface area contributed by atoms with Crippen LogP contribution in [0, 0.1) is 6.92 Å². The van der Waals surface area contributed by atoms with E-state index in [-0.39, 0.29) is 39.3 Å². The van der Waals surface area contributed by atoms with Crippen LogP contribution < -0.4 is 10.9 Å². The third kappa shape index (κ3) is 5.50. The second-order valence-electron chi connectivity index (χ2n) is 9.47. The normalized spacial score (nSPS) is 12.4. The third-order valence-corrected chi connectivity index (χ3v) is 6.71. The first-order valence-electron chi connectivity index (χ1n) is 12.4. The first kappa shape index (κ1) is 28.6. The number of benzene rings is 1. The van der Waals surface area contributed by atoms with Gasteiger partial charge in [-0.05, 0) is 55.8 Å². The van der Waals surface area contributed by atoms with Crippen molar-refractivity contribution in [2.24, 2.45) is 7.05 Å². The van der Waals surface area contributed by atoms with E-state index in [9.17, 15) is 27.9 Å². The number of hydrogen-bond donors (Lipinski definition) is 2. The predicted molar refractivity (Wildman–Crippen MR) is 149 cm³/mol. The van der Waals surface area contributed by atoms with Gasteiger partial charge in [0.25, 0.3) is 5.56 Å². The molecule has 0 aliphatic heterocycles. The highest BCUT2D eigenvalue weighted by Gasteiger charge is 2.33. The summed E-state index contributed by atoms with van der Waals surface area (Å²) in [5.74, 6) is -0.995. The van der Waals surface area contributed by atoms with E-state index in [0.717, 1.165) is 18.0 Å². The lowest BCUT2D eigenvalue weighted by Gasteiger charge is -2.20. The van der Waals surface area contributed by atoms with Crippen LogP contribution in [-0.4, -0.2) is 40.6 Å². The summed E-state index contributed by atoms with van der Waals surface area (Å²) in [6.07, 6.45) is -2.42. The Bertz CT molecular complexity index is 1910. The minimum atomic E-state index is -4.63. The number of aromatic nitrogens is 6. The van der Waals surface area contributed by atoms with E-state index < -0.39 is 23.9 Å². The van der Waals surface area contributed by atoms with E-state index >= 15 is 0 Å². The first-order chi connectivity index (χ1) is 19.8. The molecule has 1 aromatic carbocycles. The van der Waals surface area contributed by atoms with Crippen molar-refractivity contribution < 1.29 is 23.1 Å². The van der Waals surface area contributed by atoms with E-state index in [1.807, 2.05) is 13.0 Å². The summed E-state index contributed by atoms with van der Waals surface area (Å²) in [4.78, 5) is 45.3. The molecule has 2 N–H and O–H groups in total. The van der Waals surface area contributed by atoms with E-state index in [2.05, 4.69) is 25.3 Å². The summed E-state index contributed by atoms with van der Waals surface area (Å²) >= 11 is 5.88. The molecule has 0 amide bonds. The van der Waals surface area contributed by atoms with Gasteiger partial charge in [0, 0.05) is 24.4 Å². The first-order valence-corrected chi connectivity index (χ1v) is 12.7. The van der Waals surface area contributed by atoms with Gasteiger partial charge >= 0.3 is 12.1 Å². The molecule has 4 aromatic heterocycles. The van der Waals surface area contributed by atoms with Gasteiger partial charge in [0.2, 0.25) is 0 Å². The number of nitrogens with one attached hydrogen (secondary N) is 1. The number of carboxylic acids is 1. The van der Waals surface area contributed by atoms with Crippen LogP contribution in [0.3, 0.4) is 0 Å². The smallest absolute Gasteiger partial charge is 0.433 e. The highest BCUT2D eigenvalue weighted by atomic mass is 35.5. The molecular weight excluding hydrogens is 575 g/mol. The van der Waals surface area contributed by atoms with Crippen molar-refractivity contribution in [3.63, 3.8) is 0 Å². The van der Waals surface area contributed by atoms with Gasteiger partial charge in [-0.25, -0.2) is 24.7 Å². The van der Waals surface area contributed by atoms with Crippen LogP contribution in [-0.2, 0) is 13.2 Å². The van der Waals surface area contributed by atoms with E-state index in [0.29, 0.717) is 22.0 Å². The summed E-state index contributed by atoms with van der Waals surface area (Å²) in [5.41, 5.74) is 0.953. The number of rotatable bonds is 6. The molecule has 0 saturated carbocycles. The topological polar surface area (TPSA) is 136 Å². The van der Waals surface area contributed by atoms with Crippen molar-refractivity contribution in [1.82, 2.24) is 29.5 Å². The molecule has 214 valence electrons. The van der Waals surface area contributed by atoms with Crippen LogP contribution >= 0.6 is 11.6 Å². The van der Waals surface area contributed by atoms with Gasteiger partial charge in [0.15, 0.2) is 5.69 Å². The summed E-state index contributed by atoms with van der Waals surface area (Å²) in [6.45, 7) is 3.62. The van der Waals surface area contributed by atoms with Crippen LogP contribution in [0.15, 0.2) is 59.8 Å². The number of carbonyl (C=O) groups is 1. The van der Waals surface area contributed by atoms with Gasteiger partial charge in [-0.2, -0.15) is 13.2 Å². The fourth-order valence-corrected chi connectivity index (χ4v) is 4.64. The largest absolute Gasteiger partial charge is 0.476 e. The molecule has 0 aliphatic rings. The van der Waals surface area contributed by atoms with Crippen LogP contribution in [0.4, 0.5) is 18.9 Å². The molecule has 14 heteroatoms. The van der Waals surface area contributed by atoms with Gasteiger partial charge in [0.1, 0.15) is 23.0 Å². The van der Waals surface area contributed by atoms with Gasteiger partial charge < -0.3 is 10.4 Å². The monoisotopic (exact) mass is 595 g/mol. The highest BCUT2D eigenvalue weighted by molar-refractivity contribution is 6.29. The number of pyridine rings is 2. The lowest BCUT2D eigenvalue weighted by atomic mass is 10.0. The number of aryl methyl sites for hydroxylation is 1. The Morgan fingerprint density at radius 1 is 1.05 bits per heavy atom. The number of halogens is 4. The lowest BCUT2D eigenvalue weighted by molar-refractivity contribution is -0.141. The molecule has 4 heterocycles. The zero-order valence-electron chi connectivity index (χ0n) is 22.2. The Hall–Kier alpha value is -4.91. The maximum Gasteiger partial charge on any atom is 0.433 e. The molecule has 42 heavy (non-hydrogen) atoms. The third-order valence-electron chi connectivity index (χ3n) is 6.50. The minimum absolute atomic E-state index is 0.0145. The molecule has 0 fully saturated rings. The molecule has 0 saturated heterocycles. The summed E-state index contributed by atoms with van der Waals surface area (Å²) < 4.78 is 40.6. The zero-order valence-corrected chi connectivity index (χ0v) is 23.0. The lowest BCUT2D eigenvalue weighted by Crippen LogP contribution is -2.22. The molecule has 0 spiro atoms. The van der Waals surface area contributed by atoms with Crippen LogP contribution in [0.2, 0.25) is 5.15 Å². The van der Waals surface area contributed by atoms with Crippen molar-refractivity contribution >= 4 is 34.2 Å². The van der Waals surface area contributed by atoms with Crippen LogP contribution in [0.1, 0.15) is 40.3 Å². The number of aromatic carboxylic acids is 1. The van der Waals surface area contributed by atoms with E-state index in [4.69, 9.17) is 16.6 Å². The molecule has 1 atom stereocenters. The maximum absolute atomic E-state index is 13.5. The van der Waals surface area contributed by atoms with Crippen molar-refractivity contribution in [3.05, 3.63) is 93.0 Å². The summed E-state index contributed by atoms with van der Waals surface area (Å²) in [5, 5.41) is 13.1. The molecule has 5 aromatic rings. The van der Waals surface area contributed by atoms with Gasteiger partial charge in [-0.1, -0.05) is 17.7 Å². The van der Waals surface area contributed by atoms with Gasteiger partial charge in [-0.15, -0.1) is 0 Å². The Balaban J connectivity index is 1.57. The van der Waals surface area contributed by atoms with Crippen LogP contribution in [0.5, 0.6) is 0 Å². The quantitative estimate of drug-likeness (QED) is 0.237. The summed E-state index contributed by atoms with van der Waals surface area (Å²) in [7, 11) is 1.56. The van der Waals surface area contributed by atoms with Gasteiger partial charge in [-0.3, -0.25) is 14.3 Å². The van der Waals surface area contributed by atoms with Crippen molar-refractivity contribution in [3.8, 4) is 22.8 Å². The molecule has 10 nitrogen and oxygen atoms in total. The molecular formula is C28H21ClF3N7O3. The van der Waals surface area contributed by atoms with Crippen molar-refractivity contribution in [2.75, 3.05) is 5.32 Å². The fraction of sp³-hybridized carbons (Fsp3) is 0.179. The Morgan fingerprint density at radius 2 is 1.81 bits per heavy atom. The number of nitrogens with zero attached hydrogens (tertiary/aromatic N) is 6. The van der Waals surface area contributed by atoms with E-state index in [1.54, 1.807) is 26.1 Å². The number of fused-ring (bicyclic) bond motifs is 1. The Kier molecular flexibility index (Phi) is 7.37. The second-order valence-corrected chi connectivity index (χ2v) is 9.86. The fourth-order valence-electron chi connectivity index (χ4n) is 4.50. The molecule has 0 aliphatic carbocycles. The van der Waals surface area contributed by atoms with Crippen LogP contribution in [0.25, 0.3) is 33.7 Å². The average Bonchev–Trinajstić information content (AvgIpc) is 2.95. The molecule has 0 unspecified atom stereocenters. The number of anilines is 1. The second kappa shape index (κ2) is 10.8. The standard InChI is InChI=1S/C28H21ClF3N7O3/c1-13-8-16(14(2)36-19-6-7-22(29)37-24(19)27(41)42)23-17(9-13)26(40)39(3)25(38-23)15-4-5-18(33-11-15)20-10-21(28(30,31)32)35-12-34-20/h4-12,14,36H,1-3H3,(H,41,42)/t14-/m1/s1. The highest BCUT2D eigenvalue weighted by Crippen LogP contribution is 2.31. The van der Waals surface area contributed by atoms with E-state index in [1.165, 1.54) is 29.0 Å². The number of alkyl halides is 3. The molecule has 0 bridgehead atoms. The van der Waals surface area contributed by atoms with Crippen molar-refractivity contribution in [2.45, 2.75) is 26.1 Å². The molecule has 0 radical (unpaired) electrons. The molecule has 5 rings (SSSR count). The summed E-state index contributed by atoms with van der Waals surface area (Å²) in [6, 6.07) is 9.89.